The van der Waals surface area contributed by atoms with Crippen molar-refractivity contribution in [3.8, 4) is 0 Å². The summed E-state index contributed by atoms with van der Waals surface area (Å²) in [6.07, 6.45) is 2.20. The van der Waals surface area contributed by atoms with Gasteiger partial charge in [0.25, 0.3) is 17.7 Å². The lowest BCUT2D eigenvalue weighted by Crippen LogP contribution is -2.49. The van der Waals surface area contributed by atoms with Gasteiger partial charge < -0.3 is 0 Å². The zero-order valence-corrected chi connectivity index (χ0v) is 19.1. The number of hydrogen-bond acceptors (Lipinski definition) is 3. The maximum absolute atomic E-state index is 13.4. The average molecular weight is 480 g/mol. The first kappa shape index (κ1) is 22.1. The monoisotopic (exact) mass is 478 g/mol. The number of carbonyl (C=O) groups excluding carboxylic acids is 3. The van der Waals surface area contributed by atoms with Crippen molar-refractivity contribution in [2.24, 2.45) is 17.8 Å². The fourth-order valence-corrected chi connectivity index (χ4v) is 4.84. The molecule has 0 unspecified atom stereocenters. The average Bonchev–Trinajstić information content (AvgIpc) is 2.98. The second kappa shape index (κ2) is 8.81. The molecule has 3 atom stereocenters. The van der Waals surface area contributed by atoms with Crippen molar-refractivity contribution >= 4 is 52.5 Å². The number of hydrazine groups is 1. The highest BCUT2D eigenvalue weighted by Gasteiger charge is 2.52. The number of amides is 3. The summed E-state index contributed by atoms with van der Waals surface area (Å²) in [5.74, 6) is -1.48. The molecule has 0 radical (unpaired) electrons. The number of imide groups is 1. The molecule has 162 valence electrons. The smallest absolute Gasteiger partial charge is 0.272 e. The van der Waals surface area contributed by atoms with E-state index in [9.17, 15) is 14.4 Å². The van der Waals surface area contributed by atoms with Crippen molar-refractivity contribution in [2.75, 3.05) is 0 Å². The predicted molar refractivity (Wildman–Crippen MR) is 120 cm³/mol. The van der Waals surface area contributed by atoms with Crippen LogP contribution in [-0.2, 0) is 16.1 Å². The fourth-order valence-electron chi connectivity index (χ4n) is 4.40. The van der Waals surface area contributed by atoms with Crippen LogP contribution < -0.4 is 0 Å². The van der Waals surface area contributed by atoms with Crippen LogP contribution in [0.5, 0.6) is 0 Å². The molecule has 4 rings (SSSR count). The highest BCUT2D eigenvalue weighted by molar-refractivity contribution is 6.42. The number of hydrogen-bond donors (Lipinski definition) is 0. The van der Waals surface area contributed by atoms with Gasteiger partial charge >= 0.3 is 0 Å². The minimum Gasteiger partial charge on any atom is -0.272 e. The van der Waals surface area contributed by atoms with E-state index in [1.54, 1.807) is 42.5 Å². The molecule has 0 aromatic heterocycles. The second-order valence-electron chi connectivity index (χ2n) is 8.24. The van der Waals surface area contributed by atoms with Gasteiger partial charge in [-0.25, -0.2) is 5.01 Å². The SMILES string of the molecule is C[C@@H]1CC[C@@H]2C(=O)N(N(Cc3ccc(Cl)c(Cl)c3)C(=O)c3ccc(Cl)cc3)C(=O)[C@H]2C1. The Labute approximate surface area is 195 Å². The summed E-state index contributed by atoms with van der Waals surface area (Å²) in [5, 5.41) is 3.47. The number of fused-ring (bicyclic) bond motifs is 1. The summed E-state index contributed by atoms with van der Waals surface area (Å²) in [6, 6.07) is 11.3. The van der Waals surface area contributed by atoms with Crippen molar-refractivity contribution in [2.45, 2.75) is 32.7 Å². The standard InChI is InChI=1S/C23H21Cl3N2O3/c1-13-2-8-17-18(10-13)23(31)28(22(17)30)27(12-14-3-9-19(25)20(26)11-14)21(29)15-4-6-16(24)7-5-15/h3-7,9,11,13,17-18H,2,8,10,12H2,1H3/t13-,17+,18+/m1/s1. The summed E-state index contributed by atoms with van der Waals surface area (Å²) in [7, 11) is 0. The minimum absolute atomic E-state index is 0.00478. The van der Waals surface area contributed by atoms with Crippen LogP contribution in [-0.4, -0.2) is 27.7 Å². The van der Waals surface area contributed by atoms with Gasteiger partial charge in [-0.15, -0.1) is 0 Å². The first-order valence-corrected chi connectivity index (χ1v) is 11.3. The molecular formula is C23H21Cl3N2O3. The van der Waals surface area contributed by atoms with E-state index >= 15 is 0 Å². The van der Waals surface area contributed by atoms with Crippen LogP contribution in [0, 0.1) is 17.8 Å². The highest BCUT2D eigenvalue weighted by atomic mass is 35.5. The molecule has 1 heterocycles. The molecule has 1 aliphatic carbocycles. The van der Waals surface area contributed by atoms with Gasteiger partial charge in [0.1, 0.15) is 0 Å². The van der Waals surface area contributed by atoms with Crippen molar-refractivity contribution in [3.05, 3.63) is 68.7 Å². The molecule has 2 fully saturated rings. The number of benzene rings is 2. The second-order valence-corrected chi connectivity index (χ2v) is 9.49. The van der Waals surface area contributed by atoms with Gasteiger partial charge in [-0.05, 0) is 67.1 Å². The largest absolute Gasteiger partial charge is 0.273 e. The molecule has 3 amide bonds. The molecule has 0 bridgehead atoms. The van der Waals surface area contributed by atoms with E-state index in [0.717, 1.165) is 11.4 Å². The molecule has 0 spiro atoms. The Morgan fingerprint density at radius 1 is 0.968 bits per heavy atom. The lowest BCUT2D eigenvalue weighted by atomic mass is 9.76. The Bertz CT molecular complexity index is 1040. The summed E-state index contributed by atoms with van der Waals surface area (Å²) >= 11 is 18.1. The first-order valence-electron chi connectivity index (χ1n) is 10.2. The molecule has 31 heavy (non-hydrogen) atoms. The Morgan fingerprint density at radius 2 is 1.65 bits per heavy atom. The third-order valence-electron chi connectivity index (χ3n) is 6.05. The fraction of sp³-hybridized carbons (Fsp3) is 0.348. The van der Waals surface area contributed by atoms with Crippen molar-refractivity contribution in [3.63, 3.8) is 0 Å². The number of halogens is 3. The van der Waals surface area contributed by atoms with Crippen molar-refractivity contribution in [1.29, 1.82) is 0 Å². The molecule has 2 aromatic rings. The molecule has 5 nitrogen and oxygen atoms in total. The van der Waals surface area contributed by atoms with Crippen LogP contribution in [0.15, 0.2) is 42.5 Å². The zero-order chi connectivity index (χ0) is 22.3. The van der Waals surface area contributed by atoms with Crippen molar-refractivity contribution in [1.82, 2.24) is 10.0 Å². The van der Waals surface area contributed by atoms with Gasteiger partial charge in [0, 0.05) is 10.6 Å². The summed E-state index contributed by atoms with van der Waals surface area (Å²) < 4.78 is 0. The van der Waals surface area contributed by atoms with Crippen LogP contribution in [0.2, 0.25) is 15.1 Å². The van der Waals surface area contributed by atoms with E-state index < -0.39 is 5.91 Å². The lowest BCUT2D eigenvalue weighted by Gasteiger charge is -2.31. The first-order chi connectivity index (χ1) is 14.8. The van der Waals surface area contributed by atoms with Crippen LogP contribution >= 0.6 is 34.8 Å². The number of rotatable bonds is 4. The van der Waals surface area contributed by atoms with Crippen LogP contribution in [0.4, 0.5) is 0 Å². The molecular weight excluding hydrogens is 459 g/mol. The number of nitrogens with zero attached hydrogens (tertiary/aromatic N) is 2. The quantitative estimate of drug-likeness (QED) is 0.534. The molecule has 1 saturated carbocycles. The Balaban J connectivity index is 1.71. The van der Waals surface area contributed by atoms with Gasteiger partial charge in [-0.3, -0.25) is 14.4 Å². The van der Waals surface area contributed by atoms with E-state index in [1.165, 1.54) is 5.01 Å². The predicted octanol–water partition coefficient (Wildman–Crippen LogP) is 5.63. The van der Waals surface area contributed by atoms with E-state index in [4.69, 9.17) is 34.8 Å². The molecule has 2 aliphatic rings. The third-order valence-corrected chi connectivity index (χ3v) is 7.04. The van der Waals surface area contributed by atoms with E-state index in [-0.39, 0.29) is 30.2 Å². The zero-order valence-electron chi connectivity index (χ0n) is 16.9. The Morgan fingerprint density at radius 3 is 2.32 bits per heavy atom. The third kappa shape index (κ3) is 4.32. The van der Waals surface area contributed by atoms with Gasteiger partial charge in [0.05, 0.1) is 28.4 Å². The lowest BCUT2D eigenvalue weighted by molar-refractivity contribution is -0.155. The topological polar surface area (TPSA) is 57.7 Å². The van der Waals surface area contributed by atoms with Crippen LogP contribution in [0.25, 0.3) is 0 Å². The summed E-state index contributed by atoms with van der Waals surface area (Å²) in [5.41, 5.74) is 0.980. The van der Waals surface area contributed by atoms with E-state index in [2.05, 4.69) is 6.92 Å². The summed E-state index contributed by atoms with van der Waals surface area (Å²) in [4.78, 5) is 40.0. The minimum atomic E-state index is -0.462. The van der Waals surface area contributed by atoms with Crippen molar-refractivity contribution < 1.29 is 14.4 Å². The van der Waals surface area contributed by atoms with Crippen LogP contribution in [0.3, 0.4) is 0 Å². The van der Waals surface area contributed by atoms with Gasteiger partial charge in [-0.2, -0.15) is 5.01 Å². The number of carbonyl (C=O) groups is 3. The maximum Gasteiger partial charge on any atom is 0.273 e. The molecule has 1 aliphatic heterocycles. The summed E-state index contributed by atoms with van der Waals surface area (Å²) in [6.45, 7) is 2.09. The van der Waals surface area contributed by atoms with Gasteiger partial charge in [0.15, 0.2) is 0 Å². The Hall–Kier alpha value is -2.08. The van der Waals surface area contributed by atoms with Gasteiger partial charge in [-0.1, -0.05) is 47.8 Å². The van der Waals surface area contributed by atoms with Gasteiger partial charge in [0.2, 0.25) is 0 Å². The maximum atomic E-state index is 13.4. The molecule has 2 aromatic carbocycles. The highest BCUT2D eigenvalue weighted by Crippen LogP contribution is 2.41. The van der Waals surface area contributed by atoms with E-state index in [1.807, 2.05) is 0 Å². The molecule has 1 saturated heterocycles. The molecule has 0 N–H and O–H groups in total. The normalized spacial score (nSPS) is 23.1. The molecule has 8 heteroatoms. The van der Waals surface area contributed by atoms with Crippen LogP contribution in [0.1, 0.15) is 42.1 Å². The van der Waals surface area contributed by atoms with E-state index in [0.29, 0.717) is 45.0 Å². The Kier molecular flexibility index (Phi) is 6.29.